The van der Waals surface area contributed by atoms with Gasteiger partial charge in [0.05, 0.1) is 18.0 Å². The van der Waals surface area contributed by atoms with Gasteiger partial charge in [-0.3, -0.25) is 4.90 Å². The zero-order valence-electron chi connectivity index (χ0n) is 12.0. The molecule has 21 heavy (non-hydrogen) atoms. The Morgan fingerprint density at radius 3 is 3.05 bits per heavy atom. The third-order valence-electron chi connectivity index (χ3n) is 4.06. The fraction of sp³-hybridized carbons (Fsp3) is 0.467. The Kier molecular flexibility index (Phi) is 4.53. The number of methoxy groups -OCH3 is 1. The summed E-state index contributed by atoms with van der Waals surface area (Å²) in [6.45, 7) is 2.87. The second-order valence-corrected chi connectivity index (χ2v) is 5.85. The minimum Gasteiger partial charge on any atom is -0.379 e. The molecule has 0 amide bonds. The molecule has 1 aliphatic heterocycles. The molecule has 1 fully saturated rings. The lowest BCUT2D eigenvalue weighted by Crippen LogP contribution is -2.25. The molecule has 1 aromatic heterocycles. The Morgan fingerprint density at radius 2 is 2.33 bits per heavy atom. The van der Waals surface area contributed by atoms with Crippen LogP contribution in [0.25, 0.3) is 0 Å². The highest BCUT2D eigenvalue weighted by Gasteiger charge is 2.35. The van der Waals surface area contributed by atoms with Crippen LogP contribution in [-0.2, 0) is 11.2 Å². The van der Waals surface area contributed by atoms with Gasteiger partial charge in [-0.25, -0.2) is 0 Å². The second-order valence-electron chi connectivity index (χ2n) is 5.42. The largest absolute Gasteiger partial charge is 0.379 e. The highest BCUT2D eigenvalue weighted by atomic mass is 35.5. The van der Waals surface area contributed by atoms with E-state index in [9.17, 15) is 0 Å². The molecule has 2 atom stereocenters. The van der Waals surface area contributed by atoms with Crippen molar-refractivity contribution in [1.82, 2.24) is 20.3 Å². The van der Waals surface area contributed by atoms with Crippen molar-refractivity contribution in [2.45, 2.75) is 18.4 Å². The number of nitrogens with zero attached hydrogens (tertiary/aromatic N) is 3. The number of likely N-dealkylation sites (tertiary alicyclic amines) is 1. The van der Waals surface area contributed by atoms with Crippen LogP contribution >= 0.6 is 11.6 Å². The van der Waals surface area contributed by atoms with Crippen molar-refractivity contribution in [3.05, 3.63) is 46.7 Å². The number of H-pyrrole nitrogens is 1. The lowest BCUT2D eigenvalue weighted by atomic mass is 10.0. The summed E-state index contributed by atoms with van der Waals surface area (Å²) in [5.41, 5.74) is 2.24. The van der Waals surface area contributed by atoms with Gasteiger partial charge >= 0.3 is 0 Å². The molecular weight excluding hydrogens is 288 g/mol. The summed E-state index contributed by atoms with van der Waals surface area (Å²) < 4.78 is 5.60. The van der Waals surface area contributed by atoms with E-state index in [-0.39, 0.29) is 12.0 Å². The lowest BCUT2D eigenvalue weighted by molar-refractivity contribution is 0.0965. The first-order valence-corrected chi connectivity index (χ1v) is 7.49. The molecule has 0 aliphatic carbocycles. The summed E-state index contributed by atoms with van der Waals surface area (Å²) in [4.78, 5) is 2.41. The summed E-state index contributed by atoms with van der Waals surface area (Å²) in [6.07, 6.45) is 2.95. The molecule has 1 aliphatic rings. The summed E-state index contributed by atoms with van der Waals surface area (Å²) in [7, 11) is 1.76. The maximum absolute atomic E-state index is 6.02. The molecule has 0 saturated carbocycles. The Bertz CT molecular complexity index is 575. The standard InChI is InChI=1S/C15H19ClN4O/c1-21-15-10-20(9-13(15)14-8-17-19-18-14)6-5-11-3-2-4-12(16)7-11/h2-4,7-8,13,15H,5-6,9-10H2,1H3,(H,17,18,19)/t13-,15+/m0/s1. The highest BCUT2D eigenvalue weighted by Crippen LogP contribution is 2.27. The summed E-state index contributed by atoms with van der Waals surface area (Å²) in [5, 5.41) is 11.6. The summed E-state index contributed by atoms with van der Waals surface area (Å²) in [6, 6.07) is 8.05. The normalized spacial score (nSPS) is 22.8. The predicted octanol–water partition coefficient (Wildman–Crippen LogP) is 2.11. The zero-order valence-corrected chi connectivity index (χ0v) is 12.8. The van der Waals surface area contributed by atoms with Gasteiger partial charge in [-0.1, -0.05) is 23.7 Å². The van der Waals surface area contributed by atoms with E-state index in [1.165, 1.54) is 5.56 Å². The van der Waals surface area contributed by atoms with Crippen LogP contribution in [0.1, 0.15) is 17.2 Å². The average molecular weight is 307 g/mol. The number of hydrogen-bond donors (Lipinski definition) is 1. The summed E-state index contributed by atoms with van der Waals surface area (Å²) in [5.74, 6) is 0.285. The molecule has 0 unspecified atom stereocenters. The van der Waals surface area contributed by atoms with Crippen molar-refractivity contribution in [3.63, 3.8) is 0 Å². The van der Waals surface area contributed by atoms with Gasteiger partial charge in [-0.15, -0.1) is 0 Å². The lowest BCUT2D eigenvalue weighted by Gasteiger charge is -2.15. The SMILES string of the molecule is CO[C@@H]1CN(CCc2cccc(Cl)c2)C[C@H]1c1cn[nH]n1. The van der Waals surface area contributed by atoms with E-state index < -0.39 is 0 Å². The van der Waals surface area contributed by atoms with Crippen molar-refractivity contribution in [1.29, 1.82) is 0 Å². The van der Waals surface area contributed by atoms with E-state index >= 15 is 0 Å². The molecule has 1 saturated heterocycles. The first kappa shape index (κ1) is 14.5. The molecular formula is C15H19ClN4O. The number of aromatic nitrogens is 3. The molecule has 1 N–H and O–H groups in total. The Morgan fingerprint density at radius 1 is 1.43 bits per heavy atom. The molecule has 2 heterocycles. The maximum Gasteiger partial charge on any atom is 0.0894 e. The van der Waals surface area contributed by atoms with Gasteiger partial charge in [0.25, 0.3) is 0 Å². The van der Waals surface area contributed by atoms with Crippen molar-refractivity contribution in [3.8, 4) is 0 Å². The van der Waals surface area contributed by atoms with Crippen LogP contribution in [0, 0.1) is 0 Å². The third kappa shape index (κ3) is 3.43. The van der Waals surface area contributed by atoms with Crippen LogP contribution in [0.5, 0.6) is 0 Å². The van der Waals surface area contributed by atoms with Gasteiger partial charge in [-0.05, 0) is 24.1 Å². The van der Waals surface area contributed by atoms with Crippen LogP contribution in [0.2, 0.25) is 5.02 Å². The number of benzene rings is 1. The minimum absolute atomic E-state index is 0.175. The van der Waals surface area contributed by atoms with Crippen LogP contribution in [0.3, 0.4) is 0 Å². The fourth-order valence-corrected chi connectivity index (χ4v) is 3.14. The first-order chi connectivity index (χ1) is 10.3. The van der Waals surface area contributed by atoms with Gasteiger partial charge in [0, 0.05) is 37.7 Å². The number of nitrogens with one attached hydrogen (secondary N) is 1. The molecule has 0 radical (unpaired) electrons. The van der Waals surface area contributed by atoms with Crippen LogP contribution in [0.15, 0.2) is 30.5 Å². The van der Waals surface area contributed by atoms with Crippen molar-refractivity contribution < 1.29 is 4.74 Å². The van der Waals surface area contributed by atoms with Crippen LogP contribution in [-0.4, -0.2) is 53.2 Å². The molecule has 5 nitrogen and oxygen atoms in total. The van der Waals surface area contributed by atoms with E-state index in [4.69, 9.17) is 16.3 Å². The zero-order chi connectivity index (χ0) is 14.7. The smallest absolute Gasteiger partial charge is 0.0894 e. The van der Waals surface area contributed by atoms with Crippen LogP contribution < -0.4 is 0 Å². The fourth-order valence-electron chi connectivity index (χ4n) is 2.93. The maximum atomic E-state index is 6.02. The monoisotopic (exact) mass is 306 g/mol. The van der Waals surface area contributed by atoms with Gasteiger partial charge in [0.15, 0.2) is 0 Å². The number of hydrogen-bond acceptors (Lipinski definition) is 4. The van der Waals surface area contributed by atoms with E-state index in [0.29, 0.717) is 0 Å². The topological polar surface area (TPSA) is 54.0 Å². The molecule has 3 rings (SSSR count). The van der Waals surface area contributed by atoms with Crippen LogP contribution in [0.4, 0.5) is 0 Å². The molecule has 0 bridgehead atoms. The quantitative estimate of drug-likeness (QED) is 0.919. The van der Waals surface area contributed by atoms with Crippen molar-refractivity contribution in [2.75, 3.05) is 26.7 Å². The Labute approximate surface area is 129 Å². The van der Waals surface area contributed by atoms with Crippen molar-refractivity contribution >= 4 is 11.6 Å². The number of halogens is 1. The van der Waals surface area contributed by atoms with Gasteiger partial charge in [0.2, 0.25) is 0 Å². The third-order valence-corrected chi connectivity index (χ3v) is 4.30. The van der Waals surface area contributed by atoms with E-state index in [2.05, 4.69) is 26.4 Å². The Balaban J connectivity index is 1.60. The highest BCUT2D eigenvalue weighted by molar-refractivity contribution is 6.30. The molecule has 0 spiro atoms. The van der Waals surface area contributed by atoms with Gasteiger partial charge in [0.1, 0.15) is 0 Å². The predicted molar refractivity (Wildman–Crippen MR) is 81.5 cm³/mol. The van der Waals surface area contributed by atoms with E-state index in [1.54, 1.807) is 13.3 Å². The van der Waals surface area contributed by atoms with Gasteiger partial charge in [-0.2, -0.15) is 15.4 Å². The first-order valence-electron chi connectivity index (χ1n) is 7.11. The second kappa shape index (κ2) is 6.56. The number of aromatic amines is 1. The van der Waals surface area contributed by atoms with E-state index in [0.717, 1.165) is 36.8 Å². The molecule has 2 aromatic rings. The minimum atomic E-state index is 0.175. The van der Waals surface area contributed by atoms with Gasteiger partial charge < -0.3 is 4.74 Å². The number of ether oxygens (including phenoxy) is 1. The molecule has 112 valence electrons. The molecule has 1 aromatic carbocycles. The average Bonchev–Trinajstić information content (AvgIpc) is 3.14. The number of rotatable bonds is 5. The van der Waals surface area contributed by atoms with Crippen molar-refractivity contribution in [2.24, 2.45) is 0 Å². The Hall–Kier alpha value is -1.43. The summed E-state index contributed by atoms with van der Waals surface area (Å²) >= 11 is 6.02. The van der Waals surface area contributed by atoms with E-state index in [1.807, 2.05) is 18.2 Å². The molecule has 6 heteroatoms.